The van der Waals surface area contributed by atoms with Crippen LogP contribution in [-0.4, -0.2) is 24.1 Å². The van der Waals surface area contributed by atoms with E-state index < -0.39 is 40.5 Å². The van der Waals surface area contributed by atoms with Gasteiger partial charge in [-0.1, -0.05) is 45.0 Å². The Hall–Kier alpha value is -3.79. The number of hydrogen-bond acceptors (Lipinski definition) is 5. The molecule has 2 amide bonds. The van der Waals surface area contributed by atoms with Crippen LogP contribution in [0, 0.1) is 11.6 Å². The van der Waals surface area contributed by atoms with Crippen molar-refractivity contribution < 1.29 is 27.6 Å². The lowest BCUT2D eigenvalue weighted by molar-refractivity contribution is -0.126. The van der Waals surface area contributed by atoms with Crippen LogP contribution < -0.4 is 16.2 Å². The molecule has 10 heteroatoms. The molecule has 0 bridgehead atoms. The molecule has 0 fully saturated rings. The molecule has 1 atom stereocenters. The number of ether oxygens (including phenoxy) is 1. The minimum Gasteiger partial charge on any atom is -0.383 e. The summed E-state index contributed by atoms with van der Waals surface area (Å²) in [5.41, 5.74) is -0.188. The predicted octanol–water partition coefficient (Wildman–Crippen LogP) is 3.73. The summed E-state index contributed by atoms with van der Waals surface area (Å²) >= 11 is 0. The van der Waals surface area contributed by atoms with Crippen LogP contribution in [-0.2, 0) is 32.8 Å². The van der Waals surface area contributed by atoms with Crippen LogP contribution in [0.4, 0.5) is 14.5 Å². The molecule has 1 heterocycles. The number of methoxy groups -OCH3 is 1. The lowest BCUT2D eigenvalue weighted by Crippen LogP contribution is -2.37. The number of aromatic amines is 1. The summed E-state index contributed by atoms with van der Waals surface area (Å²) in [6.07, 6.45) is -0.298. The third-order valence-electron chi connectivity index (χ3n) is 5.16. The van der Waals surface area contributed by atoms with E-state index in [-0.39, 0.29) is 23.4 Å². The Bertz CT molecular complexity index is 1240. The first kappa shape index (κ1) is 25.8. The van der Waals surface area contributed by atoms with Crippen LogP contribution in [0.3, 0.4) is 0 Å². The molecule has 35 heavy (non-hydrogen) atoms. The molecule has 8 nitrogen and oxygen atoms in total. The zero-order valence-corrected chi connectivity index (χ0v) is 19.8. The second-order valence-corrected chi connectivity index (χ2v) is 9.09. The van der Waals surface area contributed by atoms with Crippen molar-refractivity contribution in [2.45, 2.75) is 45.3 Å². The molecule has 0 aliphatic carbocycles. The topological polar surface area (TPSA) is 113 Å². The highest BCUT2D eigenvalue weighted by Crippen LogP contribution is 2.30. The fourth-order valence-corrected chi connectivity index (χ4v) is 3.63. The third-order valence-corrected chi connectivity index (χ3v) is 5.16. The summed E-state index contributed by atoms with van der Waals surface area (Å²) in [5, 5.41) is 7.14. The Morgan fingerprint density at radius 1 is 1.09 bits per heavy atom. The molecule has 186 valence electrons. The monoisotopic (exact) mass is 487 g/mol. The molecular formula is C25H27F2N3O5. The van der Waals surface area contributed by atoms with Crippen LogP contribution in [0.1, 0.15) is 49.3 Å². The van der Waals surface area contributed by atoms with E-state index in [9.17, 15) is 23.2 Å². The van der Waals surface area contributed by atoms with Gasteiger partial charge in [0.1, 0.15) is 23.4 Å². The number of anilines is 1. The lowest BCUT2D eigenvalue weighted by Gasteiger charge is -2.22. The Labute approximate surface area is 200 Å². The normalized spacial score (nSPS) is 12.3. The summed E-state index contributed by atoms with van der Waals surface area (Å²) in [5.74, 6) is -2.81. The van der Waals surface area contributed by atoms with Crippen molar-refractivity contribution in [3.63, 3.8) is 0 Å². The second kappa shape index (κ2) is 10.6. The average Bonchev–Trinajstić information content (AvgIpc) is 3.15. The van der Waals surface area contributed by atoms with Crippen LogP contribution in [0.2, 0.25) is 0 Å². The highest BCUT2D eigenvalue weighted by Gasteiger charge is 2.27. The van der Waals surface area contributed by atoms with Gasteiger partial charge in [-0.05, 0) is 28.7 Å². The van der Waals surface area contributed by atoms with E-state index in [1.807, 2.05) is 0 Å². The van der Waals surface area contributed by atoms with Crippen molar-refractivity contribution in [2.75, 3.05) is 12.4 Å². The largest absolute Gasteiger partial charge is 0.383 e. The first-order valence-corrected chi connectivity index (χ1v) is 10.8. The number of aromatic nitrogens is 1. The number of nitrogens with one attached hydrogen (secondary N) is 3. The molecule has 0 saturated heterocycles. The summed E-state index contributed by atoms with van der Waals surface area (Å²) in [7, 11) is 1.55. The molecule has 0 radical (unpaired) electrons. The maximum Gasteiger partial charge on any atom is 0.280 e. The SMILES string of the molecule is COCc1ccc(C(NC(=O)Cc2cc(=O)[nH]o2)C(=O)Nc2cc(F)c(C(C)(C)C)c(F)c2)cc1. The minimum atomic E-state index is -1.20. The highest BCUT2D eigenvalue weighted by atomic mass is 19.1. The van der Waals surface area contributed by atoms with Crippen LogP contribution in [0.5, 0.6) is 0 Å². The smallest absolute Gasteiger partial charge is 0.280 e. The Balaban J connectivity index is 1.86. The van der Waals surface area contributed by atoms with E-state index >= 15 is 0 Å². The first-order valence-electron chi connectivity index (χ1n) is 10.8. The maximum absolute atomic E-state index is 14.6. The van der Waals surface area contributed by atoms with Gasteiger partial charge in [0.2, 0.25) is 5.91 Å². The van der Waals surface area contributed by atoms with E-state index in [0.717, 1.165) is 23.8 Å². The summed E-state index contributed by atoms with van der Waals surface area (Å²) < 4.78 is 39.3. The van der Waals surface area contributed by atoms with Gasteiger partial charge in [0, 0.05) is 24.4 Å². The average molecular weight is 488 g/mol. The van der Waals surface area contributed by atoms with Crippen molar-refractivity contribution in [3.05, 3.63) is 86.9 Å². The zero-order valence-electron chi connectivity index (χ0n) is 19.8. The number of benzene rings is 2. The second-order valence-electron chi connectivity index (χ2n) is 9.09. The van der Waals surface area contributed by atoms with Gasteiger partial charge >= 0.3 is 0 Å². The van der Waals surface area contributed by atoms with Crippen molar-refractivity contribution >= 4 is 17.5 Å². The van der Waals surface area contributed by atoms with Gasteiger partial charge < -0.3 is 19.9 Å². The number of hydrogen-bond donors (Lipinski definition) is 3. The number of H-pyrrole nitrogens is 1. The number of halogens is 2. The van der Waals surface area contributed by atoms with E-state index in [1.54, 1.807) is 52.1 Å². The fourth-order valence-electron chi connectivity index (χ4n) is 3.63. The van der Waals surface area contributed by atoms with Gasteiger partial charge in [0.15, 0.2) is 0 Å². The molecule has 0 saturated carbocycles. The van der Waals surface area contributed by atoms with Gasteiger partial charge in [-0.15, -0.1) is 0 Å². The Kier molecular flexibility index (Phi) is 7.85. The van der Waals surface area contributed by atoms with Gasteiger partial charge in [-0.3, -0.25) is 14.4 Å². The molecule has 0 aliphatic rings. The van der Waals surface area contributed by atoms with Gasteiger partial charge in [0.25, 0.3) is 11.5 Å². The number of carbonyl (C=O) groups is 2. The Morgan fingerprint density at radius 3 is 2.23 bits per heavy atom. The maximum atomic E-state index is 14.6. The standard InChI is InChI=1S/C25H27F2N3O5/c1-25(2,3)22-18(26)9-16(10-19(22)27)28-24(33)23(15-7-5-14(6-8-15)13-34-4)29-20(31)11-17-12-21(32)30-35-17/h5-10,12,23H,11,13H2,1-4H3,(H,28,33)(H,29,31)(H,30,32). The Morgan fingerprint density at radius 2 is 1.71 bits per heavy atom. The van der Waals surface area contributed by atoms with Crippen LogP contribution in [0.15, 0.2) is 51.8 Å². The predicted molar refractivity (Wildman–Crippen MR) is 125 cm³/mol. The lowest BCUT2D eigenvalue weighted by atomic mass is 9.86. The minimum absolute atomic E-state index is 0.0870. The van der Waals surface area contributed by atoms with Crippen molar-refractivity contribution in [3.8, 4) is 0 Å². The first-order chi connectivity index (χ1) is 16.5. The van der Waals surface area contributed by atoms with Gasteiger partial charge in [-0.25, -0.2) is 8.78 Å². The number of amides is 2. The molecule has 3 N–H and O–H groups in total. The van der Waals surface area contributed by atoms with E-state index in [0.29, 0.717) is 12.2 Å². The molecule has 1 unspecified atom stereocenters. The molecule has 0 spiro atoms. The van der Waals surface area contributed by atoms with E-state index in [2.05, 4.69) is 15.8 Å². The van der Waals surface area contributed by atoms with E-state index in [4.69, 9.17) is 9.26 Å². The molecule has 1 aromatic heterocycles. The molecule has 3 rings (SSSR count). The highest BCUT2D eigenvalue weighted by molar-refractivity contribution is 5.98. The molecule has 2 aromatic carbocycles. The summed E-state index contributed by atoms with van der Waals surface area (Å²) in [4.78, 5) is 37.0. The number of carbonyl (C=O) groups excluding carboxylic acids is 2. The van der Waals surface area contributed by atoms with Crippen LogP contribution >= 0.6 is 0 Å². The van der Waals surface area contributed by atoms with Crippen molar-refractivity contribution in [1.29, 1.82) is 0 Å². The van der Waals surface area contributed by atoms with Crippen molar-refractivity contribution in [1.82, 2.24) is 10.5 Å². The van der Waals surface area contributed by atoms with E-state index in [1.165, 1.54) is 0 Å². The van der Waals surface area contributed by atoms with Crippen molar-refractivity contribution in [2.24, 2.45) is 0 Å². The quantitative estimate of drug-likeness (QED) is 0.448. The zero-order chi connectivity index (χ0) is 25.8. The van der Waals surface area contributed by atoms with Crippen LogP contribution in [0.25, 0.3) is 0 Å². The summed E-state index contributed by atoms with van der Waals surface area (Å²) in [6.45, 7) is 5.39. The van der Waals surface area contributed by atoms with Gasteiger partial charge in [-0.2, -0.15) is 5.16 Å². The molecule has 3 aromatic rings. The number of rotatable bonds is 8. The summed E-state index contributed by atoms with van der Waals surface area (Å²) in [6, 6.07) is 8.74. The molecular weight excluding hydrogens is 460 g/mol. The van der Waals surface area contributed by atoms with Gasteiger partial charge in [0.05, 0.1) is 13.0 Å². The third kappa shape index (κ3) is 6.63. The molecule has 0 aliphatic heterocycles. The fraction of sp³-hybridized carbons (Fsp3) is 0.320.